The first-order chi connectivity index (χ1) is 9.76. The van der Waals surface area contributed by atoms with Crippen LogP contribution in [0.4, 0.5) is 5.82 Å². The normalized spacial score (nSPS) is 20.4. The molecule has 3 rings (SSSR count). The van der Waals surface area contributed by atoms with Gasteiger partial charge in [0, 0.05) is 45.0 Å². The molecule has 1 saturated heterocycles. The molecule has 1 aromatic heterocycles. The Morgan fingerprint density at radius 2 is 1.95 bits per heavy atom. The summed E-state index contributed by atoms with van der Waals surface area (Å²) in [6.45, 7) is 8.94. The SMILES string of the molecule is CNCc1ccc(N2CCN(CC3CC3)CC2)nc1C. The monoisotopic (exact) mass is 274 g/mol. The summed E-state index contributed by atoms with van der Waals surface area (Å²) in [5.74, 6) is 2.15. The molecule has 1 aliphatic heterocycles. The Kier molecular flexibility index (Phi) is 4.22. The van der Waals surface area contributed by atoms with Gasteiger partial charge in [-0.15, -0.1) is 0 Å². The summed E-state index contributed by atoms with van der Waals surface area (Å²) in [4.78, 5) is 9.83. The summed E-state index contributed by atoms with van der Waals surface area (Å²) in [6, 6.07) is 4.39. The molecule has 4 nitrogen and oxygen atoms in total. The van der Waals surface area contributed by atoms with Crippen LogP contribution in [0.1, 0.15) is 24.1 Å². The van der Waals surface area contributed by atoms with E-state index in [-0.39, 0.29) is 0 Å². The van der Waals surface area contributed by atoms with Crippen molar-refractivity contribution in [3.63, 3.8) is 0 Å². The second-order valence-electron chi connectivity index (χ2n) is 6.18. The van der Waals surface area contributed by atoms with Gasteiger partial charge in [-0.3, -0.25) is 4.90 Å². The number of nitrogens with one attached hydrogen (secondary N) is 1. The fraction of sp³-hybridized carbons (Fsp3) is 0.688. The molecule has 0 radical (unpaired) electrons. The van der Waals surface area contributed by atoms with Crippen LogP contribution in [0.5, 0.6) is 0 Å². The van der Waals surface area contributed by atoms with Crippen molar-refractivity contribution < 1.29 is 0 Å². The Morgan fingerprint density at radius 1 is 1.20 bits per heavy atom. The topological polar surface area (TPSA) is 31.4 Å². The van der Waals surface area contributed by atoms with E-state index >= 15 is 0 Å². The van der Waals surface area contributed by atoms with Gasteiger partial charge in [0.1, 0.15) is 5.82 Å². The zero-order valence-electron chi connectivity index (χ0n) is 12.7. The zero-order valence-corrected chi connectivity index (χ0v) is 12.7. The van der Waals surface area contributed by atoms with Gasteiger partial charge in [-0.05, 0) is 44.4 Å². The molecule has 0 unspecified atom stereocenters. The molecule has 20 heavy (non-hydrogen) atoms. The molecule has 1 saturated carbocycles. The molecular weight excluding hydrogens is 248 g/mol. The molecule has 110 valence electrons. The number of pyridine rings is 1. The van der Waals surface area contributed by atoms with Crippen LogP contribution in [-0.4, -0.2) is 49.7 Å². The number of rotatable bonds is 5. The summed E-state index contributed by atoms with van der Waals surface area (Å²) in [6.07, 6.45) is 2.90. The van der Waals surface area contributed by atoms with Gasteiger partial charge < -0.3 is 10.2 Å². The van der Waals surface area contributed by atoms with Crippen molar-refractivity contribution in [1.29, 1.82) is 0 Å². The van der Waals surface area contributed by atoms with Gasteiger partial charge in [-0.1, -0.05) is 6.07 Å². The Hall–Kier alpha value is -1.13. The molecule has 0 spiro atoms. The lowest BCUT2D eigenvalue weighted by molar-refractivity contribution is 0.247. The van der Waals surface area contributed by atoms with Crippen molar-refractivity contribution in [2.24, 2.45) is 5.92 Å². The fourth-order valence-corrected chi connectivity index (χ4v) is 2.96. The van der Waals surface area contributed by atoms with E-state index in [1.807, 2.05) is 7.05 Å². The number of aryl methyl sites for hydroxylation is 1. The number of hydrogen-bond donors (Lipinski definition) is 1. The Labute approximate surface area is 122 Å². The average Bonchev–Trinajstić information content (AvgIpc) is 3.26. The maximum Gasteiger partial charge on any atom is 0.128 e. The summed E-state index contributed by atoms with van der Waals surface area (Å²) in [5, 5.41) is 3.19. The van der Waals surface area contributed by atoms with E-state index in [2.05, 4.69) is 34.2 Å². The lowest BCUT2D eigenvalue weighted by atomic mass is 10.2. The smallest absolute Gasteiger partial charge is 0.128 e. The minimum absolute atomic E-state index is 0.897. The van der Waals surface area contributed by atoms with Crippen molar-refractivity contribution in [2.75, 3.05) is 44.7 Å². The van der Waals surface area contributed by atoms with Gasteiger partial charge in [0.25, 0.3) is 0 Å². The summed E-state index contributed by atoms with van der Waals surface area (Å²) < 4.78 is 0. The van der Waals surface area contributed by atoms with Crippen molar-refractivity contribution >= 4 is 5.82 Å². The number of nitrogens with zero attached hydrogens (tertiary/aromatic N) is 3. The molecule has 0 bridgehead atoms. The molecule has 1 aromatic rings. The zero-order chi connectivity index (χ0) is 13.9. The Bertz CT molecular complexity index is 448. The third kappa shape index (κ3) is 3.30. The maximum absolute atomic E-state index is 4.78. The quantitative estimate of drug-likeness (QED) is 0.884. The predicted molar refractivity (Wildman–Crippen MR) is 83.1 cm³/mol. The number of aromatic nitrogens is 1. The lowest BCUT2D eigenvalue weighted by Crippen LogP contribution is -2.47. The molecule has 0 amide bonds. The van der Waals surface area contributed by atoms with Crippen LogP contribution in [0, 0.1) is 12.8 Å². The van der Waals surface area contributed by atoms with Crippen molar-refractivity contribution in [1.82, 2.24) is 15.2 Å². The van der Waals surface area contributed by atoms with Crippen molar-refractivity contribution in [2.45, 2.75) is 26.3 Å². The van der Waals surface area contributed by atoms with E-state index in [9.17, 15) is 0 Å². The maximum atomic E-state index is 4.78. The van der Waals surface area contributed by atoms with Crippen molar-refractivity contribution in [3.8, 4) is 0 Å². The third-order valence-electron chi connectivity index (χ3n) is 4.46. The van der Waals surface area contributed by atoms with E-state index in [1.54, 1.807) is 0 Å². The first kappa shape index (κ1) is 13.8. The van der Waals surface area contributed by atoms with E-state index < -0.39 is 0 Å². The van der Waals surface area contributed by atoms with E-state index in [1.165, 1.54) is 38.0 Å². The molecular formula is C16H26N4. The average molecular weight is 274 g/mol. The Balaban J connectivity index is 1.58. The highest BCUT2D eigenvalue weighted by atomic mass is 15.3. The van der Waals surface area contributed by atoms with Gasteiger partial charge >= 0.3 is 0 Å². The lowest BCUT2D eigenvalue weighted by Gasteiger charge is -2.35. The minimum Gasteiger partial charge on any atom is -0.354 e. The van der Waals surface area contributed by atoms with E-state index in [4.69, 9.17) is 4.98 Å². The van der Waals surface area contributed by atoms with Gasteiger partial charge in [0.2, 0.25) is 0 Å². The van der Waals surface area contributed by atoms with Crippen LogP contribution in [0.15, 0.2) is 12.1 Å². The van der Waals surface area contributed by atoms with Crippen LogP contribution >= 0.6 is 0 Å². The molecule has 0 aromatic carbocycles. The molecule has 4 heteroatoms. The minimum atomic E-state index is 0.897. The molecule has 2 heterocycles. The molecule has 2 fully saturated rings. The standard InChI is InChI=1S/C16H26N4/c1-13-15(11-17-2)5-6-16(18-13)20-9-7-19(8-10-20)12-14-3-4-14/h5-6,14,17H,3-4,7-12H2,1-2H3. The molecule has 0 atom stereocenters. The number of hydrogen-bond acceptors (Lipinski definition) is 4. The Morgan fingerprint density at radius 3 is 2.55 bits per heavy atom. The largest absolute Gasteiger partial charge is 0.354 e. The van der Waals surface area contributed by atoms with Crippen molar-refractivity contribution in [3.05, 3.63) is 23.4 Å². The highest BCUT2D eigenvalue weighted by molar-refractivity contribution is 5.42. The van der Waals surface area contributed by atoms with E-state index in [0.717, 1.165) is 37.1 Å². The number of piperazine rings is 1. The first-order valence-electron chi connectivity index (χ1n) is 7.84. The van der Waals surface area contributed by atoms with Crippen LogP contribution < -0.4 is 10.2 Å². The number of anilines is 1. The highest BCUT2D eigenvalue weighted by Crippen LogP contribution is 2.30. The van der Waals surface area contributed by atoms with Crippen LogP contribution in [0.2, 0.25) is 0 Å². The van der Waals surface area contributed by atoms with Crippen LogP contribution in [0.25, 0.3) is 0 Å². The van der Waals surface area contributed by atoms with Crippen LogP contribution in [-0.2, 0) is 6.54 Å². The summed E-state index contributed by atoms with van der Waals surface area (Å²) >= 11 is 0. The highest BCUT2D eigenvalue weighted by Gasteiger charge is 2.26. The molecule has 1 N–H and O–H groups in total. The van der Waals surface area contributed by atoms with Gasteiger partial charge in [0.15, 0.2) is 0 Å². The fourth-order valence-electron chi connectivity index (χ4n) is 2.96. The molecule has 2 aliphatic rings. The second-order valence-corrected chi connectivity index (χ2v) is 6.18. The predicted octanol–water partition coefficient (Wildman–Crippen LogP) is 1.64. The van der Waals surface area contributed by atoms with Gasteiger partial charge in [-0.25, -0.2) is 4.98 Å². The van der Waals surface area contributed by atoms with E-state index in [0.29, 0.717) is 0 Å². The van der Waals surface area contributed by atoms with Gasteiger partial charge in [0.05, 0.1) is 0 Å². The first-order valence-corrected chi connectivity index (χ1v) is 7.84. The van der Waals surface area contributed by atoms with Gasteiger partial charge in [-0.2, -0.15) is 0 Å². The summed E-state index contributed by atoms with van der Waals surface area (Å²) in [5.41, 5.74) is 2.45. The third-order valence-corrected chi connectivity index (χ3v) is 4.46. The van der Waals surface area contributed by atoms with Crippen LogP contribution in [0.3, 0.4) is 0 Å². The summed E-state index contributed by atoms with van der Waals surface area (Å²) in [7, 11) is 1.98. The molecule has 1 aliphatic carbocycles. The second kappa shape index (κ2) is 6.10.